The third-order valence-corrected chi connectivity index (χ3v) is 14.3. The Balaban J connectivity index is 1.74. The SMILES string of the molecule is C=C[C@](C)(CO)n1cc(C[C@@H]2NC(=O)[C@H](CC=CC)NC(=O)[C@H](CC(C)C)N3C(=O)[C@H](C[C@@](C)(O)[C@H]3O)N(C)C(=O)[C@H](C)NC(=O)[C@H](Cc3ccc(O)c([N+](=O)[O-])c3)NC(=O)[C@H](CC(C)C)N(C)C2=O)c2ccccc21. The minimum absolute atomic E-state index is 0.0136. The number of amides is 7. The minimum atomic E-state index is -2.12. The number of para-hydroxylation sites is 1. The van der Waals surface area contributed by atoms with Crippen LogP contribution in [-0.2, 0) is 51.9 Å². The fourth-order valence-electron chi connectivity index (χ4n) is 9.81. The molecule has 2 aliphatic heterocycles. The molecule has 1 aromatic heterocycles. The summed E-state index contributed by atoms with van der Waals surface area (Å²) in [6.45, 7) is 16.7. The number of carbonyl (C=O) groups excluding carboxylic acids is 7. The molecule has 3 heterocycles. The number of carbonyl (C=O) groups is 7. The van der Waals surface area contributed by atoms with Gasteiger partial charge in [0, 0.05) is 56.5 Å². The van der Waals surface area contributed by atoms with Crippen molar-refractivity contribution in [3.8, 4) is 5.75 Å². The van der Waals surface area contributed by atoms with E-state index >= 15 is 4.79 Å². The van der Waals surface area contributed by atoms with Gasteiger partial charge in [-0.25, -0.2) is 0 Å². The van der Waals surface area contributed by atoms with Crippen LogP contribution in [0.25, 0.3) is 10.9 Å². The molecule has 0 aliphatic carbocycles. The highest BCUT2D eigenvalue weighted by atomic mass is 16.6. The predicted molar refractivity (Wildman–Crippen MR) is 282 cm³/mol. The van der Waals surface area contributed by atoms with Crippen LogP contribution in [0.2, 0.25) is 0 Å². The van der Waals surface area contributed by atoms with Crippen LogP contribution >= 0.6 is 0 Å². The van der Waals surface area contributed by atoms with Gasteiger partial charge < -0.3 is 61.0 Å². The van der Waals surface area contributed by atoms with Crippen molar-refractivity contribution in [3.63, 3.8) is 0 Å². The van der Waals surface area contributed by atoms with Crippen LogP contribution in [-0.4, -0.2) is 161 Å². The highest BCUT2D eigenvalue weighted by molar-refractivity contribution is 5.99. The number of likely N-dealkylation sites (N-methyl/N-ethyl adjacent to an activating group) is 2. The van der Waals surface area contributed by atoms with E-state index in [1.54, 1.807) is 82.7 Å². The van der Waals surface area contributed by atoms with Gasteiger partial charge in [0.1, 0.15) is 47.9 Å². The minimum Gasteiger partial charge on any atom is -0.502 e. The Morgan fingerprint density at radius 1 is 0.842 bits per heavy atom. The number of aromatic hydroxyl groups is 1. The number of nitrogens with zero attached hydrogens (tertiary/aromatic N) is 5. The average molecular weight is 1060 g/mol. The van der Waals surface area contributed by atoms with Crippen LogP contribution in [0.1, 0.15) is 92.2 Å². The number of nitro groups is 1. The molecule has 2 aromatic carbocycles. The second-order valence-electron chi connectivity index (χ2n) is 21.4. The molecule has 76 heavy (non-hydrogen) atoms. The third kappa shape index (κ3) is 13.3. The van der Waals surface area contributed by atoms with Crippen molar-refractivity contribution in [2.24, 2.45) is 11.8 Å². The lowest BCUT2D eigenvalue weighted by molar-refractivity contribution is -0.385. The number of aliphatic hydroxyl groups is 3. The number of rotatable bonds is 14. The lowest BCUT2D eigenvalue weighted by Crippen LogP contribution is -2.71. The number of phenolic OH excluding ortho intramolecular Hbond substituents is 1. The van der Waals surface area contributed by atoms with Gasteiger partial charge in [-0.15, -0.1) is 6.58 Å². The predicted octanol–water partition coefficient (Wildman–Crippen LogP) is 2.29. The summed E-state index contributed by atoms with van der Waals surface area (Å²) in [5, 5.41) is 67.7. The topological polar surface area (TPSA) is 306 Å². The molecule has 8 N–H and O–H groups in total. The first-order valence-corrected chi connectivity index (χ1v) is 25.5. The number of benzene rings is 2. The van der Waals surface area contributed by atoms with E-state index in [1.807, 2.05) is 12.1 Å². The summed E-state index contributed by atoms with van der Waals surface area (Å²) < 4.78 is 1.80. The first-order chi connectivity index (χ1) is 35.6. The van der Waals surface area contributed by atoms with E-state index in [0.717, 1.165) is 26.8 Å². The Kier molecular flexibility index (Phi) is 19.4. The molecule has 0 unspecified atom stereocenters. The summed E-state index contributed by atoms with van der Waals surface area (Å²) in [6.07, 6.45) is 3.26. The number of fused-ring (bicyclic) bond motifs is 3. The van der Waals surface area contributed by atoms with Crippen molar-refractivity contribution in [1.82, 2.24) is 40.5 Å². The summed E-state index contributed by atoms with van der Waals surface area (Å²) in [7, 11) is 2.61. The normalized spacial score (nSPS) is 26.8. The van der Waals surface area contributed by atoms with Crippen molar-refractivity contribution in [2.45, 2.75) is 154 Å². The van der Waals surface area contributed by atoms with Crippen molar-refractivity contribution in [2.75, 3.05) is 20.7 Å². The van der Waals surface area contributed by atoms with Gasteiger partial charge in [-0.05, 0) is 82.1 Å². The van der Waals surface area contributed by atoms with Gasteiger partial charge in [0.15, 0.2) is 12.0 Å². The van der Waals surface area contributed by atoms with E-state index in [1.165, 1.54) is 34.0 Å². The number of hydrogen-bond donors (Lipinski definition) is 8. The van der Waals surface area contributed by atoms with E-state index in [0.29, 0.717) is 16.5 Å². The lowest BCUT2D eigenvalue weighted by Gasteiger charge is -2.50. The average Bonchev–Trinajstić information content (AvgIpc) is 3.74. The maximum atomic E-state index is 15.4. The highest BCUT2D eigenvalue weighted by Gasteiger charge is 2.53. The molecule has 414 valence electrons. The number of phenols is 1. The maximum Gasteiger partial charge on any atom is 0.310 e. The number of allylic oxidation sites excluding steroid dienone is 1. The second-order valence-corrected chi connectivity index (χ2v) is 21.4. The van der Waals surface area contributed by atoms with E-state index in [2.05, 4.69) is 27.8 Å². The highest BCUT2D eigenvalue weighted by Crippen LogP contribution is 2.34. The fraction of sp³-hybridized carbons (Fsp3) is 0.537. The largest absolute Gasteiger partial charge is 0.502 e. The monoisotopic (exact) mass is 1060 g/mol. The molecular formula is C54H75N9O13. The Bertz CT molecular complexity index is 2720. The van der Waals surface area contributed by atoms with E-state index < -0.39 is 130 Å². The zero-order valence-electron chi connectivity index (χ0n) is 45.0. The molecular weight excluding hydrogens is 983 g/mol. The molecule has 2 bridgehead atoms. The number of aliphatic hydroxyl groups excluding tert-OH is 2. The second kappa shape index (κ2) is 24.7. The third-order valence-electron chi connectivity index (χ3n) is 14.3. The molecule has 0 saturated carbocycles. The Labute approximate surface area is 442 Å². The van der Waals surface area contributed by atoms with Gasteiger partial charge in [0.05, 0.1) is 17.1 Å². The Hall–Kier alpha value is -7.17. The van der Waals surface area contributed by atoms with Gasteiger partial charge in [-0.1, -0.05) is 70.2 Å². The fourth-order valence-corrected chi connectivity index (χ4v) is 9.81. The molecule has 5 rings (SSSR count). The summed E-state index contributed by atoms with van der Waals surface area (Å²) in [4.78, 5) is 117. The standard InChI is InChI=1S/C54H75N9O13/c1-12-14-18-36-45(66)58-38(26-34-28-61(53(8,13-2)29-64)39-19-16-15-17-35(34)39)50(71)59(10)41(22-30(3)4)47(68)57-37(24-33-20-21-44(65)40(25-33)63(75)76)46(67)55-32(7)49(70)60(11)43-27-54(9,74)52(73)62(51(43)72)42(23-31(5)6)48(69)56-36/h12-17,19-21,25,28,30-32,36-38,41-43,52,64-65,73-74H,2,18,22-24,26-27,29H2,1,3-11H3,(H,55,67)(H,56,69)(H,57,68)(H,58,66)/t32-,36-,37-,38-,41-,42-,43-,52+,53+,54+/m0/s1. The molecule has 2 aliphatic rings. The van der Waals surface area contributed by atoms with Gasteiger partial charge in [-0.2, -0.15) is 0 Å². The van der Waals surface area contributed by atoms with Crippen molar-refractivity contribution in [1.29, 1.82) is 0 Å². The van der Waals surface area contributed by atoms with E-state index in [-0.39, 0.29) is 49.7 Å². The first kappa shape index (κ1) is 59.7. The number of hydrogen-bond acceptors (Lipinski definition) is 13. The summed E-state index contributed by atoms with van der Waals surface area (Å²) in [6, 6.07) is 0.278. The van der Waals surface area contributed by atoms with Gasteiger partial charge in [0.25, 0.3) is 0 Å². The quantitative estimate of drug-likeness (QED) is 0.0654. The molecule has 0 spiro atoms. The molecule has 7 amide bonds. The van der Waals surface area contributed by atoms with E-state index in [4.69, 9.17) is 0 Å². The molecule has 2 saturated heterocycles. The number of nitro benzene ring substituents is 1. The molecule has 0 radical (unpaired) electrons. The molecule has 22 heteroatoms. The zero-order chi connectivity index (χ0) is 56.7. The van der Waals surface area contributed by atoms with Gasteiger partial charge in [0.2, 0.25) is 41.4 Å². The number of piperidine rings is 1. The molecule has 22 nitrogen and oxygen atoms in total. The Morgan fingerprint density at radius 3 is 2.04 bits per heavy atom. The van der Waals surface area contributed by atoms with Crippen LogP contribution in [0.4, 0.5) is 5.69 Å². The van der Waals surface area contributed by atoms with Crippen LogP contribution in [0, 0.1) is 22.0 Å². The first-order valence-electron chi connectivity index (χ1n) is 25.5. The van der Waals surface area contributed by atoms with Crippen molar-refractivity contribution in [3.05, 3.63) is 94.7 Å². The smallest absolute Gasteiger partial charge is 0.310 e. The molecule has 10 atom stereocenters. The lowest BCUT2D eigenvalue weighted by atomic mass is 9.85. The molecule has 2 fully saturated rings. The van der Waals surface area contributed by atoms with Crippen LogP contribution in [0.3, 0.4) is 0 Å². The number of nitrogens with one attached hydrogen (secondary N) is 4. The summed E-state index contributed by atoms with van der Waals surface area (Å²) >= 11 is 0. The van der Waals surface area contributed by atoms with E-state index in [9.17, 15) is 59.3 Å². The van der Waals surface area contributed by atoms with Gasteiger partial charge >= 0.3 is 5.69 Å². The summed E-state index contributed by atoms with van der Waals surface area (Å²) in [5.41, 5.74) is -2.50. The van der Waals surface area contributed by atoms with Crippen LogP contribution < -0.4 is 21.3 Å². The van der Waals surface area contributed by atoms with Crippen LogP contribution in [0.5, 0.6) is 5.75 Å². The number of aromatic nitrogens is 1. The van der Waals surface area contributed by atoms with Crippen LogP contribution in [0.15, 0.2) is 73.5 Å². The van der Waals surface area contributed by atoms with Crippen molar-refractivity contribution < 1.29 is 58.9 Å². The Morgan fingerprint density at radius 2 is 1.43 bits per heavy atom. The summed E-state index contributed by atoms with van der Waals surface area (Å²) in [5.74, 6) is -7.35. The van der Waals surface area contributed by atoms with Crippen molar-refractivity contribution >= 4 is 57.9 Å². The maximum absolute atomic E-state index is 15.4. The van der Waals surface area contributed by atoms with Gasteiger partial charge in [-0.3, -0.25) is 43.7 Å². The zero-order valence-corrected chi connectivity index (χ0v) is 45.0. The molecule has 3 aromatic rings.